The molecule has 0 saturated carbocycles. The average Bonchev–Trinajstić information content (AvgIpc) is 2.87. The van der Waals surface area contributed by atoms with E-state index >= 15 is 0 Å². The van der Waals surface area contributed by atoms with Crippen LogP contribution in [0.5, 0.6) is 5.75 Å². The molecule has 1 aromatic carbocycles. The van der Waals surface area contributed by atoms with Crippen molar-refractivity contribution in [3.8, 4) is 5.75 Å². The molecule has 0 N–H and O–H groups in total. The fourth-order valence-electron chi connectivity index (χ4n) is 2.74. The summed E-state index contributed by atoms with van der Waals surface area (Å²) in [5.41, 5.74) is 2.73. The Balaban J connectivity index is 1.66. The highest BCUT2D eigenvalue weighted by Gasteiger charge is 2.24. The van der Waals surface area contributed by atoms with E-state index < -0.39 is 0 Å². The van der Waals surface area contributed by atoms with Crippen molar-refractivity contribution in [1.82, 2.24) is 0 Å². The average molecular weight is 246 g/mol. The van der Waals surface area contributed by atoms with E-state index in [-0.39, 0.29) is 11.9 Å². The van der Waals surface area contributed by atoms with E-state index in [9.17, 15) is 4.79 Å². The number of esters is 1. The van der Waals surface area contributed by atoms with Crippen molar-refractivity contribution in [3.05, 3.63) is 29.3 Å². The van der Waals surface area contributed by atoms with Gasteiger partial charge in [0, 0.05) is 6.61 Å². The van der Waals surface area contributed by atoms with Gasteiger partial charge in [-0.1, -0.05) is 6.07 Å². The van der Waals surface area contributed by atoms with Crippen LogP contribution in [0.4, 0.5) is 0 Å². The normalized spacial score (nSPS) is 22.6. The predicted molar refractivity (Wildman–Crippen MR) is 67.6 cm³/mol. The van der Waals surface area contributed by atoms with Crippen LogP contribution in [0.3, 0.4) is 0 Å². The van der Waals surface area contributed by atoms with E-state index in [1.807, 2.05) is 12.1 Å². The molecule has 96 valence electrons. The Morgan fingerprint density at radius 1 is 1.22 bits per heavy atom. The smallest absolute Gasteiger partial charge is 0.316 e. The van der Waals surface area contributed by atoms with Crippen molar-refractivity contribution in [3.63, 3.8) is 0 Å². The Morgan fingerprint density at radius 3 is 2.94 bits per heavy atom. The molecule has 1 aromatic rings. The number of hydrogen-bond donors (Lipinski definition) is 0. The first-order chi connectivity index (χ1) is 8.83. The number of hydrogen-bond acceptors (Lipinski definition) is 3. The van der Waals surface area contributed by atoms with Crippen LogP contribution in [-0.4, -0.2) is 19.2 Å². The van der Waals surface area contributed by atoms with Crippen molar-refractivity contribution in [2.75, 3.05) is 13.2 Å². The summed E-state index contributed by atoms with van der Waals surface area (Å²) >= 11 is 0. The van der Waals surface area contributed by atoms with Gasteiger partial charge in [0.15, 0.2) is 0 Å². The number of carbonyl (C=O) groups excluding carboxylic acids is 1. The van der Waals surface area contributed by atoms with Crippen LogP contribution in [0.1, 0.15) is 30.4 Å². The van der Waals surface area contributed by atoms with Gasteiger partial charge in [0.1, 0.15) is 5.75 Å². The number of carbonyl (C=O) groups is 1. The van der Waals surface area contributed by atoms with E-state index in [1.165, 1.54) is 17.5 Å². The lowest BCUT2D eigenvalue weighted by Gasteiger charge is -2.20. The van der Waals surface area contributed by atoms with E-state index in [0.717, 1.165) is 32.3 Å². The topological polar surface area (TPSA) is 35.5 Å². The highest BCUT2D eigenvalue weighted by molar-refractivity contribution is 5.75. The summed E-state index contributed by atoms with van der Waals surface area (Å²) in [4.78, 5) is 12.0. The Bertz CT molecular complexity index is 447. The number of ether oxygens (including phenoxy) is 2. The summed E-state index contributed by atoms with van der Waals surface area (Å²) < 4.78 is 10.8. The molecule has 1 aliphatic carbocycles. The van der Waals surface area contributed by atoms with Gasteiger partial charge in [0.25, 0.3) is 0 Å². The Morgan fingerprint density at radius 2 is 2.11 bits per heavy atom. The van der Waals surface area contributed by atoms with Gasteiger partial charge < -0.3 is 9.47 Å². The van der Waals surface area contributed by atoms with Crippen LogP contribution >= 0.6 is 0 Å². The van der Waals surface area contributed by atoms with E-state index in [1.54, 1.807) is 0 Å². The van der Waals surface area contributed by atoms with Gasteiger partial charge >= 0.3 is 5.97 Å². The molecule has 1 atom stereocenters. The van der Waals surface area contributed by atoms with Gasteiger partial charge in [-0.3, -0.25) is 4.79 Å². The van der Waals surface area contributed by atoms with Crippen molar-refractivity contribution in [2.45, 2.75) is 32.1 Å². The van der Waals surface area contributed by atoms with Crippen molar-refractivity contribution in [1.29, 1.82) is 0 Å². The number of benzene rings is 1. The molecular formula is C15H18O3. The molecule has 18 heavy (non-hydrogen) atoms. The van der Waals surface area contributed by atoms with Gasteiger partial charge in [-0.15, -0.1) is 0 Å². The zero-order valence-electron chi connectivity index (χ0n) is 10.5. The third kappa shape index (κ3) is 2.41. The maximum absolute atomic E-state index is 12.0. The SMILES string of the molecule is O=C(Oc1ccc2c(c1)CCC2)[C@H]1CCCOC1. The molecule has 3 nitrogen and oxygen atoms in total. The first-order valence-corrected chi connectivity index (χ1v) is 6.74. The van der Waals surface area contributed by atoms with Crippen LogP contribution in [0.15, 0.2) is 18.2 Å². The van der Waals surface area contributed by atoms with Gasteiger partial charge in [0.2, 0.25) is 0 Å². The number of rotatable bonds is 2. The van der Waals surface area contributed by atoms with Gasteiger partial charge in [-0.05, 0) is 55.4 Å². The van der Waals surface area contributed by atoms with Crippen LogP contribution in [0.25, 0.3) is 0 Å². The first-order valence-electron chi connectivity index (χ1n) is 6.74. The molecule has 0 spiro atoms. The molecule has 1 saturated heterocycles. The van der Waals surface area contributed by atoms with Crippen LogP contribution < -0.4 is 4.74 Å². The largest absolute Gasteiger partial charge is 0.426 e. The summed E-state index contributed by atoms with van der Waals surface area (Å²) in [6, 6.07) is 6.01. The monoisotopic (exact) mass is 246 g/mol. The molecule has 3 heteroatoms. The highest BCUT2D eigenvalue weighted by atomic mass is 16.5. The minimum atomic E-state index is -0.146. The maximum atomic E-state index is 12.0. The second-order valence-electron chi connectivity index (χ2n) is 5.12. The summed E-state index contributed by atoms with van der Waals surface area (Å²) in [5, 5.41) is 0. The minimum absolute atomic E-state index is 0.0907. The minimum Gasteiger partial charge on any atom is -0.426 e. The lowest BCUT2D eigenvalue weighted by Crippen LogP contribution is -2.28. The fourth-order valence-corrected chi connectivity index (χ4v) is 2.74. The van der Waals surface area contributed by atoms with Crippen molar-refractivity contribution in [2.24, 2.45) is 5.92 Å². The van der Waals surface area contributed by atoms with Crippen LogP contribution in [0.2, 0.25) is 0 Å². The lowest BCUT2D eigenvalue weighted by atomic mass is 10.0. The number of aryl methyl sites for hydroxylation is 2. The molecule has 3 rings (SSSR count). The lowest BCUT2D eigenvalue weighted by molar-refractivity contribution is -0.143. The van der Waals surface area contributed by atoms with E-state index in [2.05, 4.69) is 6.07 Å². The third-order valence-corrected chi connectivity index (χ3v) is 3.78. The zero-order chi connectivity index (χ0) is 12.4. The maximum Gasteiger partial charge on any atom is 0.316 e. The predicted octanol–water partition coefficient (Wildman–Crippen LogP) is 2.51. The molecular weight excluding hydrogens is 228 g/mol. The zero-order valence-corrected chi connectivity index (χ0v) is 10.5. The second kappa shape index (κ2) is 5.11. The molecule has 2 aliphatic rings. The molecule has 1 heterocycles. The quantitative estimate of drug-likeness (QED) is 0.594. The van der Waals surface area contributed by atoms with Gasteiger partial charge in [-0.2, -0.15) is 0 Å². The summed E-state index contributed by atoms with van der Waals surface area (Å²) in [6.07, 6.45) is 5.30. The molecule has 0 amide bonds. The van der Waals surface area contributed by atoms with Crippen molar-refractivity contribution < 1.29 is 14.3 Å². The second-order valence-corrected chi connectivity index (χ2v) is 5.12. The molecule has 0 unspecified atom stereocenters. The molecule has 0 aromatic heterocycles. The van der Waals surface area contributed by atoms with E-state index in [0.29, 0.717) is 12.4 Å². The summed E-state index contributed by atoms with van der Waals surface area (Å²) in [5.74, 6) is 0.450. The molecule has 1 aliphatic heterocycles. The fraction of sp³-hybridized carbons (Fsp3) is 0.533. The first kappa shape index (κ1) is 11.7. The molecule has 1 fully saturated rings. The van der Waals surface area contributed by atoms with Gasteiger partial charge in [0.05, 0.1) is 12.5 Å². The van der Waals surface area contributed by atoms with Crippen LogP contribution in [0, 0.1) is 5.92 Å². The highest BCUT2D eigenvalue weighted by Crippen LogP contribution is 2.27. The van der Waals surface area contributed by atoms with Gasteiger partial charge in [-0.25, -0.2) is 0 Å². The molecule has 0 bridgehead atoms. The Hall–Kier alpha value is -1.35. The molecule has 0 radical (unpaired) electrons. The Labute approximate surface area is 107 Å². The number of fused-ring (bicyclic) bond motifs is 1. The standard InChI is InChI=1S/C15H18O3/c16-15(13-5-2-8-17-10-13)18-14-7-6-11-3-1-4-12(11)9-14/h6-7,9,13H,1-5,8,10H2/t13-/m0/s1. The van der Waals surface area contributed by atoms with E-state index in [4.69, 9.17) is 9.47 Å². The summed E-state index contributed by atoms with van der Waals surface area (Å²) in [7, 11) is 0. The Kier molecular flexibility index (Phi) is 3.33. The van der Waals surface area contributed by atoms with Crippen molar-refractivity contribution >= 4 is 5.97 Å². The van der Waals surface area contributed by atoms with Crippen LogP contribution in [-0.2, 0) is 22.4 Å². The summed E-state index contributed by atoms with van der Waals surface area (Å²) in [6.45, 7) is 1.27. The third-order valence-electron chi connectivity index (χ3n) is 3.78.